The van der Waals surface area contributed by atoms with Crippen LogP contribution in [0.3, 0.4) is 0 Å². The highest BCUT2D eigenvalue weighted by molar-refractivity contribution is 6.36. The fourth-order valence-corrected chi connectivity index (χ4v) is 4.27. The van der Waals surface area contributed by atoms with Gasteiger partial charge in [-0.1, -0.05) is 29.3 Å². The average Bonchev–Trinajstić information content (AvgIpc) is 2.69. The van der Waals surface area contributed by atoms with E-state index in [-0.39, 0.29) is 34.8 Å². The number of amides is 3. The van der Waals surface area contributed by atoms with Crippen molar-refractivity contribution in [2.24, 2.45) is 0 Å². The maximum Gasteiger partial charge on any atom is 0.234 e. The molecule has 164 valence electrons. The van der Waals surface area contributed by atoms with E-state index >= 15 is 0 Å². The van der Waals surface area contributed by atoms with Gasteiger partial charge in [-0.05, 0) is 55.7 Å². The second-order valence-electron chi connectivity index (χ2n) is 7.95. The normalized spacial score (nSPS) is 16.7. The van der Waals surface area contributed by atoms with Crippen LogP contribution in [0, 0.1) is 5.82 Å². The number of carbonyl (C=O) groups is 3. The van der Waals surface area contributed by atoms with Crippen LogP contribution in [0.2, 0.25) is 10.0 Å². The van der Waals surface area contributed by atoms with Gasteiger partial charge in [0.15, 0.2) is 11.6 Å². The largest absolute Gasteiger partial charge is 0.505 e. The Kier molecular flexibility index (Phi) is 6.57. The van der Waals surface area contributed by atoms with Gasteiger partial charge >= 0.3 is 0 Å². The Hall–Kier alpha value is -2.64. The van der Waals surface area contributed by atoms with Gasteiger partial charge in [0.2, 0.25) is 17.7 Å². The molecule has 1 atom stereocenters. The number of carbonyl (C=O) groups excluding carboxylic acids is 3. The molecule has 3 amide bonds. The standard InChI is InChI=1S/C22H21Cl2FN2O4/c1-22(2,12-3-5-17(28)16(25)9-12)21(31)26-10-11-7-14(23)19(15(24)8-11)13-4-6-18(29)27-20(13)30/h3,5,7-9,13,28H,4,6,10H2,1-2H3,(H,26,31)(H,27,29,30). The van der Waals surface area contributed by atoms with Gasteiger partial charge in [0.05, 0.1) is 11.3 Å². The van der Waals surface area contributed by atoms with Crippen LogP contribution in [0.4, 0.5) is 4.39 Å². The van der Waals surface area contributed by atoms with Crippen LogP contribution in [0.1, 0.15) is 49.3 Å². The number of hydrogen-bond donors (Lipinski definition) is 3. The molecule has 1 saturated heterocycles. The molecule has 1 aliphatic heterocycles. The van der Waals surface area contributed by atoms with Crippen LogP contribution < -0.4 is 10.6 Å². The number of hydrogen-bond acceptors (Lipinski definition) is 4. The molecule has 0 bridgehead atoms. The molecular weight excluding hydrogens is 446 g/mol. The summed E-state index contributed by atoms with van der Waals surface area (Å²) in [4.78, 5) is 36.3. The second kappa shape index (κ2) is 8.85. The minimum absolute atomic E-state index is 0.109. The van der Waals surface area contributed by atoms with Crippen LogP contribution in [0.5, 0.6) is 5.75 Å². The van der Waals surface area contributed by atoms with Crippen molar-refractivity contribution in [2.45, 2.75) is 44.6 Å². The summed E-state index contributed by atoms with van der Waals surface area (Å²) in [6, 6.07) is 7.03. The Balaban J connectivity index is 1.74. The van der Waals surface area contributed by atoms with E-state index in [0.29, 0.717) is 23.1 Å². The fraction of sp³-hybridized carbons (Fsp3) is 0.318. The molecule has 0 aromatic heterocycles. The molecule has 3 rings (SSSR count). The summed E-state index contributed by atoms with van der Waals surface area (Å²) in [7, 11) is 0. The van der Waals surface area contributed by atoms with E-state index in [1.807, 2.05) is 0 Å². The van der Waals surface area contributed by atoms with E-state index in [9.17, 15) is 23.9 Å². The van der Waals surface area contributed by atoms with Crippen LogP contribution in [0.15, 0.2) is 30.3 Å². The SMILES string of the molecule is CC(C)(C(=O)NCc1cc(Cl)c(C2CCC(=O)NC2=O)c(Cl)c1)c1ccc(O)c(F)c1. The average molecular weight is 467 g/mol. The molecule has 0 saturated carbocycles. The molecule has 1 heterocycles. The van der Waals surface area contributed by atoms with E-state index in [0.717, 1.165) is 6.07 Å². The van der Waals surface area contributed by atoms with Crippen LogP contribution in [0.25, 0.3) is 0 Å². The summed E-state index contributed by atoms with van der Waals surface area (Å²) < 4.78 is 13.7. The minimum atomic E-state index is -1.06. The van der Waals surface area contributed by atoms with Crippen molar-refractivity contribution in [2.75, 3.05) is 0 Å². The first-order chi connectivity index (χ1) is 14.5. The van der Waals surface area contributed by atoms with E-state index in [4.69, 9.17) is 23.2 Å². The molecular formula is C22H21Cl2FN2O4. The van der Waals surface area contributed by atoms with Crippen molar-refractivity contribution < 1.29 is 23.9 Å². The summed E-state index contributed by atoms with van der Waals surface area (Å²) in [5.74, 6) is -3.04. The van der Waals surface area contributed by atoms with Gasteiger partial charge < -0.3 is 10.4 Å². The monoisotopic (exact) mass is 466 g/mol. The highest BCUT2D eigenvalue weighted by atomic mass is 35.5. The topological polar surface area (TPSA) is 95.5 Å². The number of phenols is 1. The zero-order valence-electron chi connectivity index (χ0n) is 16.9. The molecule has 1 aliphatic rings. The van der Waals surface area contributed by atoms with Gasteiger partial charge in [-0.15, -0.1) is 0 Å². The lowest BCUT2D eigenvalue weighted by Gasteiger charge is -2.25. The molecule has 6 nitrogen and oxygen atoms in total. The van der Waals surface area contributed by atoms with Crippen LogP contribution >= 0.6 is 23.2 Å². The number of halogens is 3. The van der Waals surface area contributed by atoms with Gasteiger partial charge in [-0.25, -0.2) is 4.39 Å². The molecule has 3 N–H and O–H groups in total. The van der Waals surface area contributed by atoms with E-state index < -0.39 is 28.8 Å². The first-order valence-corrected chi connectivity index (χ1v) is 10.3. The molecule has 0 radical (unpaired) electrons. The Labute approximate surface area is 188 Å². The summed E-state index contributed by atoms with van der Waals surface area (Å²) in [6.45, 7) is 3.39. The number of benzene rings is 2. The summed E-state index contributed by atoms with van der Waals surface area (Å²) in [6.07, 6.45) is 0.519. The third-order valence-electron chi connectivity index (χ3n) is 5.42. The van der Waals surface area contributed by atoms with Crippen molar-refractivity contribution in [3.05, 3.63) is 62.9 Å². The molecule has 1 unspecified atom stereocenters. The van der Waals surface area contributed by atoms with E-state index in [1.165, 1.54) is 12.1 Å². The van der Waals surface area contributed by atoms with Crippen molar-refractivity contribution in [1.29, 1.82) is 0 Å². The highest BCUT2D eigenvalue weighted by Crippen LogP contribution is 2.37. The minimum Gasteiger partial charge on any atom is -0.505 e. The van der Waals surface area contributed by atoms with Crippen molar-refractivity contribution in [3.8, 4) is 5.75 Å². The van der Waals surface area contributed by atoms with Crippen molar-refractivity contribution >= 4 is 40.9 Å². The van der Waals surface area contributed by atoms with Gasteiger partial charge in [-0.2, -0.15) is 0 Å². The second-order valence-corrected chi connectivity index (χ2v) is 8.77. The lowest BCUT2D eigenvalue weighted by molar-refractivity contribution is -0.134. The van der Waals surface area contributed by atoms with Gasteiger partial charge in [-0.3, -0.25) is 19.7 Å². The van der Waals surface area contributed by atoms with Gasteiger partial charge in [0.25, 0.3) is 0 Å². The number of aromatic hydroxyl groups is 1. The molecule has 9 heteroatoms. The summed E-state index contributed by atoms with van der Waals surface area (Å²) >= 11 is 12.8. The Morgan fingerprint density at radius 1 is 1.23 bits per heavy atom. The molecule has 2 aromatic carbocycles. The predicted molar refractivity (Wildman–Crippen MR) is 115 cm³/mol. The summed E-state index contributed by atoms with van der Waals surface area (Å²) in [5, 5.41) is 15.0. The van der Waals surface area contributed by atoms with Crippen molar-refractivity contribution in [3.63, 3.8) is 0 Å². The Morgan fingerprint density at radius 2 is 1.87 bits per heavy atom. The maximum absolute atomic E-state index is 13.7. The van der Waals surface area contributed by atoms with Crippen LogP contribution in [-0.2, 0) is 26.3 Å². The zero-order chi connectivity index (χ0) is 22.9. The first kappa shape index (κ1) is 23.0. The lowest BCUT2D eigenvalue weighted by atomic mass is 9.83. The quantitative estimate of drug-likeness (QED) is 0.581. The van der Waals surface area contributed by atoms with Gasteiger partial charge in [0.1, 0.15) is 0 Å². The lowest BCUT2D eigenvalue weighted by Crippen LogP contribution is -2.40. The van der Waals surface area contributed by atoms with Crippen molar-refractivity contribution in [1.82, 2.24) is 10.6 Å². The van der Waals surface area contributed by atoms with E-state index in [1.54, 1.807) is 26.0 Å². The number of rotatable bonds is 5. The molecule has 1 fully saturated rings. The summed E-state index contributed by atoms with van der Waals surface area (Å²) in [5.41, 5.74) is 0.411. The number of nitrogens with one attached hydrogen (secondary N) is 2. The smallest absolute Gasteiger partial charge is 0.234 e. The predicted octanol–water partition coefficient (Wildman–Crippen LogP) is 3.95. The zero-order valence-corrected chi connectivity index (χ0v) is 18.4. The molecule has 0 spiro atoms. The number of phenolic OH excluding ortho intramolecular Hbond substituents is 1. The molecule has 2 aromatic rings. The third-order valence-corrected chi connectivity index (χ3v) is 6.04. The number of imide groups is 1. The highest BCUT2D eigenvalue weighted by Gasteiger charge is 2.32. The number of piperidine rings is 1. The third kappa shape index (κ3) is 4.83. The fourth-order valence-electron chi connectivity index (χ4n) is 3.47. The van der Waals surface area contributed by atoms with E-state index in [2.05, 4.69) is 10.6 Å². The molecule has 31 heavy (non-hydrogen) atoms. The molecule has 0 aliphatic carbocycles. The van der Waals surface area contributed by atoms with Gasteiger partial charge in [0, 0.05) is 28.6 Å². The Morgan fingerprint density at radius 3 is 2.45 bits per heavy atom. The van der Waals surface area contributed by atoms with Crippen LogP contribution in [-0.4, -0.2) is 22.8 Å². The first-order valence-electron chi connectivity index (χ1n) is 9.59. The maximum atomic E-state index is 13.7. The Bertz CT molecular complexity index is 1050.